The van der Waals surface area contributed by atoms with Gasteiger partial charge in [-0.05, 0) is 12.5 Å². The number of rotatable bonds is 6. The molecule has 1 N–H and O–H groups in total. The molecule has 5 nitrogen and oxygen atoms in total. The number of hydrogen-bond donors (Lipinski definition) is 1. The first kappa shape index (κ1) is 14.3. The molecule has 0 aliphatic heterocycles. The SMILES string of the molecule is CCn1cc(CNC(C(=O)OC)c2ccccc2)cn1. The van der Waals surface area contributed by atoms with Gasteiger partial charge in [-0.25, -0.2) is 4.79 Å². The maximum absolute atomic E-state index is 11.9. The highest BCUT2D eigenvalue weighted by Gasteiger charge is 2.20. The number of ether oxygens (including phenoxy) is 1. The summed E-state index contributed by atoms with van der Waals surface area (Å²) >= 11 is 0. The van der Waals surface area contributed by atoms with E-state index in [0.717, 1.165) is 17.7 Å². The lowest BCUT2D eigenvalue weighted by Gasteiger charge is -2.16. The van der Waals surface area contributed by atoms with Gasteiger partial charge >= 0.3 is 5.97 Å². The first-order valence-electron chi connectivity index (χ1n) is 6.62. The molecule has 1 heterocycles. The fourth-order valence-corrected chi connectivity index (χ4v) is 1.99. The molecule has 0 saturated carbocycles. The van der Waals surface area contributed by atoms with E-state index in [2.05, 4.69) is 10.4 Å². The Hall–Kier alpha value is -2.14. The fourth-order valence-electron chi connectivity index (χ4n) is 1.99. The monoisotopic (exact) mass is 273 g/mol. The van der Waals surface area contributed by atoms with Crippen molar-refractivity contribution in [3.8, 4) is 0 Å². The van der Waals surface area contributed by atoms with Crippen LogP contribution in [0.15, 0.2) is 42.7 Å². The molecule has 2 rings (SSSR count). The summed E-state index contributed by atoms with van der Waals surface area (Å²) in [5.74, 6) is -0.293. The van der Waals surface area contributed by atoms with E-state index in [1.54, 1.807) is 6.20 Å². The molecular formula is C15H19N3O2. The molecule has 1 aromatic carbocycles. The standard InChI is InChI=1S/C15H19N3O2/c1-3-18-11-12(10-17-18)9-16-14(15(19)20-2)13-7-5-4-6-8-13/h4-8,10-11,14,16H,3,9H2,1-2H3. The van der Waals surface area contributed by atoms with Gasteiger partial charge < -0.3 is 4.74 Å². The Morgan fingerprint density at radius 3 is 2.75 bits per heavy atom. The molecule has 0 amide bonds. The number of nitrogens with zero attached hydrogens (tertiary/aromatic N) is 2. The summed E-state index contributed by atoms with van der Waals surface area (Å²) in [5, 5.41) is 7.42. The molecule has 0 aliphatic rings. The third kappa shape index (κ3) is 3.45. The summed E-state index contributed by atoms with van der Waals surface area (Å²) in [6, 6.07) is 9.08. The van der Waals surface area contributed by atoms with Crippen LogP contribution in [0, 0.1) is 0 Å². The normalized spacial score (nSPS) is 12.1. The lowest BCUT2D eigenvalue weighted by molar-refractivity contribution is -0.143. The Labute approximate surface area is 118 Å². The van der Waals surface area contributed by atoms with Crippen LogP contribution in [0.25, 0.3) is 0 Å². The molecule has 0 fully saturated rings. The van der Waals surface area contributed by atoms with Gasteiger partial charge in [-0.1, -0.05) is 30.3 Å². The van der Waals surface area contributed by atoms with Gasteiger partial charge in [-0.2, -0.15) is 5.10 Å². The molecule has 106 valence electrons. The van der Waals surface area contributed by atoms with Gasteiger partial charge in [-0.3, -0.25) is 10.00 Å². The number of benzene rings is 1. The molecule has 0 radical (unpaired) electrons. The number of nitrogens with one attached hydrogen (secondary N) is 1. The zero-order valence-electron chi connectivity index (χ0n) is 11.7. The van der Waals surface area contributed by atoms with Crippen LogP contribution >= 0.6 is 0 Å². The molecule has 0 saturated heterocycles. The summed E-state index contributed by atoms with van der Waals surface area (Å²) in [5.41, 5.74) is 1.93. The number of aromatic nitrogens is 2. The van der Waals surface area contributed by atoms with E-state index in [9.17, 15) is 4.79 Å². The maximum atomic E-state index is 11.9. The second-order valence-corrected chi connectivity index (χ2v) is 4.45. The largest absolute Gasteiger partial charge is 0.468 e. The van der Waals surface area contributed by atoms with E-state index in [1.165, 1.54) is 7.11 Å². The molecule has 1 unspecified atom stereocenters. The highest BCUT2D eigenvalue weighted by molar-refractivity contribution is 5.77. The predicted octanol–water partition coefficient (Wildman–Crippen LogP) is 1.91. The molecule has 5 heteroatoms. The smallest absolute Gasteiger partial charge is 0.327 e. The van der Waals surface area contributed by atoms with Crippen molar-refractivity contribution in [1.29, 1.82) is 0 Å². The maximum Gasteiger partial charge on any atom is 0.327 e. The van der Waals surface area contributed by atoms with Crippen molar-refractivity contribution in [2.24, 2.45) is 0 Å². The molecule has 1 aromatic heterocycles. The van der Waals surface area contributed by atoms with Gasteiger partial charge in [0, 0.05) is 24.8 Å². The lowest BCUT2D eigenvalue weighted by Crippen LogP contribution is -2.29. The van der Waals surface area contributed by atoms with E-state index in [0.29, 0.717) is 6.54 Å². The van der Waals surface area contributed by atoms with Gasteiger partial charge in [0.2, 0.25) is 0 Å². The van der Waals surface area contributed by atoms with E-state index in [1.807, 2.05) is 48.1 Å². The van der Waals surface area contributed by atoms with Crippen LogP contribution in [-0.2, 0) is 22.6 Å². The predicted molar refractivity (Wildman–Crippen MR) is 75.9 cm³/mol. The summed E-state index contributed by atoms with van der Waals surface area (Å²) in [7, 11) is 1.40. The summed E-state index contributed by atoms with van der Waals surface area (Å²) in [6.45, 7) is 3.43. The van der Waals surface area contributed by atoms with Crippen LogP contribution < -0.4 is 5.32 Å². The Kier molecular flexibility index (Phi) is 4.90. The van der Waals surface area contributed by atoms with Crippen molar-refractivity contribution in [3.63, 3.8) is 0 Å². The number of hydrogen-bond acceptors (Lipinski definition) is 4. The highest BCUT2D eigenvalue weighted by atomic mass is 16.5. The van der Waals surface area contributed by atoms with Crippen molar-refractivity contribution in [1.82, 2.24) is 15.1 Å². The molecule has 20 heavy (non-hydrogen) atoms. The quantitative estimate of drug-likeness (QED) is 0.817. The molecule has 0 bridgehead atoms. The van der Waals surface area contributed by atoms with Crippen molar-refractivity contribution in [3.05, 3.63) is 53.9 Å². The average molecular weight is 273 g/mol. The van der Waals surface area contributed by atoms with E-state index < -0.39 is 6.04 Å². The minimum Gasteiger partial charge on any atom is -0.468 e. The molecule has 0 spiro atoms. The molecule has 1 atom stereocenters. The van der Waals surface area contributed by atoms with Crippen molar-refractivity contribution in [2.75, 3.05) is 7.11 Å². The third-order valence-corrected chi connectivity index (χ3v) is 3.09. The Bertz CT molecular complexity index is 551. The van der Waals surface area contributed by atoms with E-state index in [-0.39, 0.29) is 5.97 Å². The van der Waals surface area contributed by atoms with Crippen LogP contribution in [0.4, 0.5) is 0 Å². The topological polar surface area (TPSA) is 56.2 Å². The van der Waals surface area contributed by atoms with Crippen LogP contribution in [0.5, 0.6) is 0 Å². The number of carbonyl (C=O) groups excluding carboxylic acids is 1. The number of methoxy groups -OCH3 is 1. The first-order chi connectivity index (χ1) is 9.74. The minimum absolute atomic E-state index is 0.293. The molecule has 0 aliphatic carbocycles. The second kappa shape index (κ2) is 6.86. The van der Waals surface area contributed by atoms with Gasteiger partial charge in [0.05, 0.1) is 13.3 Å². The Morgan fingerprint density at radius 1 is 1.40 bits per heavy atom. The summed E-state index contributed by atoms with van der Waals surface area (Å²) in [6.07, 6.45) is 3.77. The van der Waals surface area contributed by atoms with E-state index >= 15 is 0 Å². The van der Waals surface area contributed by atoms with Crippen LogP contribution in [0.3, 0.4) is 0 Å². The zero-order chi connectivity index (χ0) is 14.4. The van der Waals surface area contributed by atoms with Crippen LogP contribution in [0.1, 0.15) is 24.1 Å². The summed E-state index contributed by atoms with van der Waals surface area (Å²) < 4.78 is 6.71. The number of carbonyl (C=O) groups is 1. The minimum atomic E-state index is -0.467. The van der Waals surface area contributed by atoms with E-state index in [4.69, 9.17) is 4.74 Å². The first-order valence-corrected chi connectivity index (χ1v) is 6.62. The van der Waals surface area contributed by atoms with Crippen molar-refractivity contribution < 1.29 is 9.53 Å². The fraction of sp³-hybridized carbons (Fsp3) is 0.333. The van der Waals surface area contributed by atoms with Gasteiger partial charge in [0.15, 0.2) is 0 Å². The van der Waals surface area contributed by atoms with Gasteiger partial charge in [-0.15, -0.1) is 0 Å². The second-order valence-electron chi connectivity index (χ2n) is 4.45. The van der Waals surface area contributed by atoms with Crippen molar-refractivity contribution in [2.45, 2.75) is 26.1 Å². The average Bonchev–Trinajstić information content (AvgIpc) is 2.96. The Morgan fingerprint density at radius 2 is 2.15 bits per heavy atom. The highest BCUT2D eigenvalue weighted by Crippen LogP contribution is 2.15. The van der Waals surface area contributed by atoms with Crippen LogP contribution in [-0.4, -0.2) is 22.9 Å². The third-order valence-electron chi connectivity index (χ3n) is 3.09. The molecule has 2 aromatic rings. The zero-order valence-corrected chi connectivity index (χ0v) is 11.7. The molecular weight excluding hydrogens is 254 g/mol. The Balaban J connectivity index is 2.07. The summed E-state index contributed by atoms with van der Waals surface area (Å²) in [4.78, 5) is 11.9. The number of esters is 1. The van der Waals surface area contributed by atoms with Gasteiger partial charge in [0.1, 0.15) is 6.04 Å². The lowest BCUT2D eigenvalue weighted by atomic mass is 10.1. The number of aryl methyl sites for hydroxylation is 1. The van der Waals surface area contributed by atoms with Crippen LogP contribution in [0.2, 0.25) is 0 Å². The van der Waals surface area contributed by atoms with Crippen molar-refractivity contribution >= 4 is 5.97 Å². The van der Waals surface area contributed by atoms with Gasteiger partial charge in [0.25, 0.3) is 0 Å².